The van der Waals surface area contributed by atoms with Gasteiger partial charge in [0.2, 0.25) is 0 Å². The Labute approximate surface area is 75.2 Å². The molecule has 12 heavy (non-hydrogen) atoms. The van der Waals surface area contributed by atoms with E-state index in [1.807, 2.05) is 0 Å². The van der Waals surface area contributed by atoms with E-state index >= 15 is 0 Å². The Kier molecular flexibility index (Phi) is 2.40. The smallest absolute Gasteiger partial charge is 0.0650 e. The third-order valence-corrected chi connectivity index (χ3v) is 3.68. The Balaban J connectivity index is 2.01. The summed E-state index contributed by atoms with van der Waals surface area (Å²) in [4.78, 5) is 0. The van der Waals surface area contributed by atoms with E-state index in [1.165, 1.54) is 38.5 Å². The van der Waals surface area contributed by atoms with Crippen LogP contribution in [0.15, 0.2) is 0 Å². The predicted molar refractivity (Wildman–Crippen MR) is 50.0 cm³/mol. The molecule has 0 radical (unpaired) electrons. The molecule has 0 amide bonds. The highest BCUT2D eigenvalue weighted by Crippen LogP contribution is 2.39. The summed E-state index contributed by atoms with van der Waals surface area (Å²) >= 11 is 0. The topological polar surface area (TPSA) is 20.2 Å². The molecule has 0 heterocycles. The molecule has 2 aliphatic carbocycles. The van der Waals surface area contributed by atoms with Crippen molar-refractivity contribution < 1.29 is 5.11 Å². The van der Waals surface area contributed by atoms with E-state index in [4.69, 9.17) is 0 Å². The SMILES string of the molecule is OC12CCCCCC(CCC1)C2. The average molecular weight is 168 g/mol. The molecule has 2 bridgehead atoms. The highest BCUT2D eigenvalue weighted by molar-refractivity contribution is 4.87. The quantitative estimate of drug-likeness (QED) is 0.589. The molecule has 0 aliphatic heterocycles. The minimum atomic E-state index is -0.247. The van der Waals surface area contributed by atoms with Crippen molar-refractivity contribution in [3.8, 4) is 0 Å². The summed E-state index contributed by atoms with van der Waals surface area (Å²) in [5.41, 5.74) is -0.247. The second-order valence-corrected chi connectivity index (χ2v) is 4.79. The Hall–Kier alpha value is -0.0400. The zero-order chi connectivity index (χ0) is 8.44. The van der Waals surface area contributed by atoms with Gasteiger partial charge in [0.15, 0.2) is 0 Å². The van der Waals surface area contributed by atoms with Crippen molar-refractivity contribution in [2.45, 2.75) is 63.4 Å². The van der Waals surface area contributed by atoms with Gasteiger partial charge in [-0.15, -0.1) is 0 Å². The molecule has 0 aromatic heterocycles. The molecule has 1 nitrogen and oxygen atoms in total. The molecule has 70 valence electrons. The second kappa shape index (κ2) is 3.37. The summed E-state index contributed by atoms with van der Waals surface area (Å²) < 4.78 is 0. The van der Waals surface area contributed by atoms with E-state index < -0.39 is 0 Å². The van der Waals surface area contributed by atoms with Crippen LogP contribution in [-0.4, -0.2) is 10.7 Å². The van der Waals surface area contributed by atoms with Crippen LogP contribution in [0.2, 0.25) is 0 Å². The van der Waals surface area contributed by atoms with Gasteiger partial charge >= 0.3 is 0 Å². The van der Waals surface area contributed by atoms with Gasteiger partial charge in [-0.1, -0.05) is 38.5 Å². The number of hydrogen-bond donors (Lipinski definition) is 1. The van der Waals surface area contributed by atoms with E-state index in [9.17, 15) is 5.11 Å². The molecular formula is C11H20O. The fourth-order valence-corrected chi connectivity index (χ4v) is 3.00. The Morgan fingerprint density at radius 1 is 0.917 bits per heavy atom. The summed E-state index contributed by atoms with van der Waals surface area (Å²) in [6.07, 6.45) is 11.3. The molecule has 0 spiro atoms. The highest BCUT2D eigenvalue weighted by atomic mass is 16.3. The molecule has 0 saturated heterocycles. The Morgan fingerprint density at radius 2 is 1.67 bits per heavy atom. The van der Waals surface area contributed by atoms with Gasteiger partial charge < -0.3 is 5.11 Å². The monoisotopic (exact) mass is 168 g/mol. The van der Waals surface area contributed by atoms with Crippen LogP contribution in [0.5, 0.6) is 0 Å². The molecule has 2 aliphatic rings. The molecule has 2 atom stereocenters. The number of hydrogen-bond acceptors (Lipinski definition) is 1. The third-order valence-electron chi connectivity index (χ3n) is 3.68. The van der Waals surface area contributed by atoms with Gasteiger partial charge in [0.25, 0.3) is 0 Å². The van der Waals surface area contributed by atoms with Crippen molar-refractivity contribution >= 4 is 0 Å². The summed E-state index contributed by atoms with van der Waals surface area (Å²) in [5.74, 6) is 0.851. The van der Waals surface area contributed by atoms with Gasteiger partial charge in [-0.2, -0.15) is 0 Å². The lowest BCUT2D eigenvalue weighted by Gasteiger charge is -2.38. The fourth-order valence-electron chi connectivity index (χ4n) is 3.00. The second-order valence-electron chi connectivity index (χ2n) is 4.79. The van der Waals surface area contributed by atoms with E-state index in [0.717, 1.165) is 25.2 Å². The highest BCUT2D eigenvalue weighted by Gasteiger charge is 2.34. The van der Waals surface area contributed by atoms with Crippen LogP contribution in [0.25, 0.3) is 0 Å². The number of rotatable bonds is 0. The van der Waals surface area contributed by atoms with Gasteiger partial charge in [0, 0.05) is 0 Å². The van der Waals surface area contributed by atoms with E-state index in [1.54, 1.807) is 0 Å². The molecule has 1 heteroatoms. The lowest BCUT2D eigenvalue weighted by Crippen LogP contribution is -2.36. The third kappa shape index (κ3) is 1.82. The molecule has 0 aromatic carbocycles. The van der Waals surface area contributed by atoms with Crippen LogP contribution in [0, 0.1) is 5.92 Å². The Morgan fingerprint density at radius 3 is 2.58 bits per heavy atom. The maximum absolute atomic E-state index is 10.2. The maximum atomic E-state index is 10.2. The fraction of sp³-hybridized carbons (Fsp3) is 1.00. The zero-order valence-electron chi connectivity index (χ0n) is 7.89. The van der Waals surface area contributed by atoms with Gasteiger partial charge in [0.05, 0.1) is 5.60 Å². The lowest BCUT2D eigenvalue weighted by atomic mass is 9.72. The van der Waals surface area contributed by atoms with Crippen LogP contribution in [-0.2, 0) is 0 Å². The number of fused-ring (bicyclic) bond motifs is 2. The summed E-state index contributed by atoms with van der Waals surface area (Å²) in [7, 11) is 0. The molecule has 2 fully saturated rings. The molecular weight excluding hydrogens is 148 g/mol. The minimum absolute atomic E-state index is 0.247. The first-order chi connectivity index (χ1) is 5.79. The standard InChI is InChI=1S/C11H20O/c12-11-7-3-1-2-5-10(9-11)6-4-8-11/h10,12H,1-9H2. The van der Waals surface area contributed by atoms with Gasteiger partial charge in [-0.05, 0) is 25.2 Å². The number of aliphatic hydroxyl groups is 1. The van der Waals surface area contributed by atoms with Crippen LogP contribution in [0.1, 0.15) is 57.8 Å². The first kappa shape index (κ1) is 8.55. The molecule has 2 saturated carbocycles. The van der Waals surface area contributed by atoms with Crippen LogP contribution < -0.4 is 0 Å². The van der Waals surface area contributed by atoms with E-state index in [0.29, 0.717) is 0 Å². The largest absolute Gasteiger partial charge is 0.390 e. The van der Waals surface area contributed by atoms with Crippen molar-refractivity contribution in [1.29, 1.82) is 0 Å². The van der Waals surface area contributed by atoms with Crippen molar-refractivity contribution in [1.82, 2.24) is 0 Å². The van der Waals surface area contributed by atoms with Crippen molar-refractivity contribution in [2.75, 3.05) is 0 Å². The van der Waals surface area contributed by atoms with Crippen LogP contribution >= 0.6 is 0 Å². The molecule has 2 rings (SSSR count). The van der Waals surface area contributed by atoms with Crippen molar-refractivity contribution in [3.63, 3.8) is 0 Å². The Bertz CT molecular complexity index is 155. The summed E-state index contributed by atoms with van der Waals surface area (Å²) in [6.45, 7) is 0. The maximum Gasteiger partial charge on any atom is 0.0650 e. The molecule has 0 aromatic rings. The minimum Gasteiger partial charge on any atom is -0.390 e. The van der Waals surface area contributed by atoms with Crippen molar-refractivity contribution in [2.24, 2.45) is 5.92 Å². The normalized spacial score (nSPS) is 43.2. The average Bonchev–Trinajstić information content (AvgIpc) is 2.02. The van der Waals surface area contributed by atoms with Crippen molar-refractivity contribution in [3.05, 3.63) is 0 Å². The zero-order valence-corrected chi connectivity index (χ0v) is 7.89. The summed E-state index contributed by atoms with van der Waals surface area (Å²) in [5, 5.41) is 10.2. The van der Waals surface area contributed by atoms with E-state index in [2.05, 4.69) is 0 Å². The van der Waals surface area contributed by atoms with E-state index in [-0.39, 0.29) is 5.60 Å². The molecule has 1 N–H and O–H groups in total. The van der Waals surface area contributed by atoms with Gasteiger partial charge in [0.1, 0.15) is 0 Å². The van der Waals surface area contributed by atoms with Crippen LogP contribution in [0.4, 0.5) is 0 Å². The van der Waals surface area contributed by atoms with Gasteiger partial charge in [-0.25, -0.2) is 0 Å². The predicted octanol–water partition coefficient (Wildman–Crippen LogP) is 2.87. The first-order valence-corrected chi connectivity index (χ1v) is 5.51. The first-order valence-electron chi connectivity index (χ1n) is 5.51. The van der Waals surface area contributed by atoms with Gasteiger partial charge in [-0.3, -0.25) is 0 Å². The molecule has 2 unspecified atom stereocenters. The summed E-state index contributed by atoms with van der Waals surface area (Å²) in [6, 6.07) is 0. The lowest BCUT2D eigenvalue weighted by molar-refractivity contribution is -0.0316. The van der Waals surface area contributed by atoms with Crippen LogP contribution in [0.3, 0.4) is 0 Å².